The van der Waals surface area contributed by atoms with E-state index in [1.54, 1.807) is 6.92 Å². The molecule has 6 rings (SSSR count). The van der Waals surface area contributed by atoms with Gasteiger partial charge in [-0.15, -0.1) is 0 Å². The molecule has 2 N–H and O–H groups in total. The van der Waals surface area contributed by atoms with Gasteiger partial charge in [0.1, 0.15) is 12.2 Å². The number of fused-ring (bicyclic) bond motifs is 1. The van der Waals surface area contributed by atoms with Crippen molar-refractivity contribution in [3.63, 3.8) is 0 Å². The van der Waals surface area contributed by atoms with E-state index in [0.717, 1.165) is 0 Å². The van der Waals surface area contributed by atoms with Gasteiger partial charge < -0.3 is 29.2 Å². The van der Waals surface area contributed by atoms with E-state index in [9.17, 15) is 24.6 Å². The first-order chi connectivity index (χ1) is 13.8. The molecule has 0 aromatic carbocycles. The third kappa shape index (κ3) is 1.33. The maximum atomic E-state index is 13.4. The van der Waals surface area contributed by atoms with Gasteiger partial charge in [0.05, 0.1) is 22.7 Å². The Kier molecular flexibility index (Phi) is 2.98. The molecule has 4 heterocycles. The number of carbonyl (C=O) groups excluding carboxylic acids is 3. The largest absolute Gasteiger partial charge is 0.459 e. The van der Waals surface area contributed by atoms with Crippen LogP contribution in [0.25, 0.3) is 0 Å². The molecule has 0 aromatic rings. The Morgan fingerprint density at radius 3 is 2.27 bits per heavy atom. The number of aliphatic hydroxyl groups excluding tert-OH is 1. The molecule has 0 radical (unpaired) electrons. The number of carbonyl (C=O) groups is 3. The van der Waals surface area contributed by atoms with Gasteiger partial charge in [0.2, 0.25) is 11.9 Å². The predicted octanol–water partition coefficient (Wildman–Crippen LogP) is -0.0943. The second-order valence-electron chi connectivity index (χ2n) is 11.0. The minimum atomic E-state index is -2.13. The number of rotatable bonds is 0. The van der Waals surface area contributed by atoms with Crippen LogP contribution in [0, 0.1) is 34.0 Å². The second-order valence-corrected chi connectivity index (χ2v) is 11.0. The van der Waals surface area contributed by atoms with Crippen molar-refractivity contribution in [2.45, 2.75) is 76.8 Å². The Hall–Kier alpha value is -1.71. The van der Waals surface area contributed by atoms with E-state index in [1.807, 2.05) is 20.8 Å². The van der Waals surface area contributed by atoms with Crippen LogP contribution in [0.1, 0.15) is 41.0 Å². The number of hydrogen-bond acceptors (Lipinski definition) is 9. The smallest absolute Gasteiger partial charge is 0.343 e. The number of esters is 3. The Morgan fingerprint density at radius 2 is 1.63 bits per heavy atom. The van der Waals surface area contributed by atoms with Crippen LogP contribution in [0.2, 0.25) is 0 Å². The molecular formula is C21H26O9. The maximum absolute atomic E-state index is 13.4. The van der Waals surface area contributed by atoms with Gasteiger partial charge in [0.15, 0.2) is 11.7 Å². The predicted molar refractivity (Wildman–Crippen MR) is 95.2 cm³/mol. The summed E-state index contributed by atoms with van der Waals surface area (Å²) in [6.45, 7) is 9.26. The second kappa shape index (κ2) is 4.71. The van der Waals surface area contributed by atoms with Crippen LogP contribution < -0.4 is 0 Å². The molecule has 2 spiro atoms. The van der Waals surface area contributed by atoms with Gasteiger partial charge in [0.25, 0.3) is 0 Å². The fourth-order valence-electron chi connectivity index (χ4n) is 8.47. The standard InChI is InChI=1S/C21H26O9/c1-7-13(23)29-16-18(7)9(17(3,4)5)6-10-19(18)11(22)12-20(26,8(2)14(24)28-12)21(19,30-16)15(25)27-10/h7-12,16,22,26H,6H2,1-5H3/t7-,8+,9-,10?,11-,12?,16?,18?,19-,20-,21?/m0/s1. The van der Waals surface area contributed by atoms with Gasteiger partial charge in [-0.1, -0.05) is 27.7 Å². The molecule has 0 aromatic heterocycles. The summed E-state index contributed by atoms with van der Waals surface area (Å²) in [6, 6.07) is 0. The van der Waals surface area contributed by atoms with E-state index in [1.165, 1.54) is 6.92 Å². The fourth-order valence-corrected chi connectivity index (χ4v) is 8.47. The summed E-state index contributed by atoms with van der Waals surface area (Å²) in [6.07, 6.45) is -4.35. The molecular weight excluding hydrogens is 396 g/mol. The quantitative estimate of drug-likeness (QED) is 0.406. The van der Waals surface area contributed by atoms with Crippen molar-refractivity contribution in [2.24, 2.45) is 34.0 Å². The third-order valence-electron chi connectivity index (χ3n) is 9.39. The molecule has 9 heteroatoms. The Morgan fingerprint density at radius 1 is 1.00 bits per heavy atom. The first kappa shape index (κ1) is 19.0. The monoisotopic (exact) mass is 422 g/mol. The highest BCUT2D eigenvalue weighted by atomic mass is 16.7. The molecule has 11 atom stereocenters. The average molecular weight is 422 g/mol. The topological polar surface area (TPSA) is 129 Å². The molecule has 0 bridgehead atoms. The molecule has 4 saturated heterocycles. The lowest BCUT2D eigenvalue weighted by atomic mass is 9.49. The van der Waals surface area contributed by atoms with Crippen molar-refractivity contribution in [3.8, 4) is 0 Å². The molecule has 164 valence electrons. The van der Waals surface area contributed by atoms with Crippen LogP contribution in [0.3, 0.4) is 0 Å². The van der Waals surface area contributed by atoms with Crippen LogP contribution in [0.4, 0.5) is 0 Å². The van der Waals surface area contributed by atoms with E-state index < -0.39 is 76.4 Å². The van der Waals surface area contributed by atoms with Crippen LogP contribution in [0.15, 0.2) is 0 Å². The van der Waals surface area contributed by atoms with Crippen molar-refractivity contribution in [2.75, 3.05) is 0 Å². The fraction of sp³-hybridized carbons (Fsp3) is 0.857. The minimum absolute atomic E-state index is 0.223. The minimum Gasteiger partial charge on any atom is -0.459 e. The Labute approximate surface area is 173 Å². The highest BCUT2D eigenvalue weighted by Gasteiger charge is 3.03. The highest BCUT2D eigenvalue weighted by Crippen LogP contribution is 2.85. The lowest BCUT2D eigenvalue weighted by molar-refractivity contribution is -0.239. The van der Waals surface area contributed by atoms with Crippen LogP contribution >= 0.6 is 0 Å². The van der Waals surface area contributed by atoms with Gasteiger partial charge in [0, 0.05) is 0 Å². The molecule has 0 amide bonds. The van der Waals surface area contributed by atoms with E-state index in [4.69, 9.17) is 18.9 Å². The van der Waals surface area contributed by atoms with Crippen molar-refractivity contribution in [1.82, 2.24) is 0 Å². The Balaban J connectivity index is 1.72. The molecule has 5 unspecified atom stereocenters. The molecule has 9 nitrogen and oxygen atoms in total. The van der Waals surface area contributed by atoms with Gasteiger partial charge in [-0.2, -0.15) is 0 Å². The van der Waals surface area contributed by atoms with Gasteiger partial charge >= 0.3 is 17.9 Å². The van der Waals surface area contributed by atoms with Gasteiger partial charge in [-0.25, -0.2) is 4.79 Å². The van der Waals surface area contributed by atoms with Crippen molar-refractivity contribution in [1.29, 1.82) is 0 Å². The van der Waals surface area contributed by atoms with Crippen LogP contribution in [0.5, 0.6) is 0 Å². The summed E-state index contributed by atoms with van der Waals surface area (Å²) in [7, 11) is 0. The molecule has 2 saturated carbocycles. The number of hydrogen-bond donors (Lipinski definition) is 2. The maximum Gasteiger partial charge on any atom is 0.343 e. The first-order valence-electron chi connectivity index (χ1n) is 10.5. The number of ether oxygens (including phenoxy) is 4. The average Bonchev–Trinajstić information content (AvgIpc) is 3.35. The lowest BCUT2D eigenvalue weighted by Crippen LogP contribution is -2.66. The normalized spacial score (nSPS) is 60.1. The molecule has 6 fully saturated rings. The van der Waals surface area contributed by atoms with Crippen molar-refractivity contribution in [3.05, 3.63) is 0 Å². The van der Waals surface area contributed by atoms with Crippen LogP contribution in [-0.4, -0.2) is 63.9 Å². The summed E-state index contributed by atoms with van der Waals surface area (Å²) in [4.78, 5) is 38.6. The molecule has 6 aliphatic rings. The van der Waals surface area contributed by atoms with Gasteiger partial charge in [-0.3, -0.25) is 9.59 Å². The SMILES string of the molecule is C[C@@H]1C(=O)OC2[C@H](O)[C@@]34C5C[C@@H](C(C)(C)C)C36C(OC(=O)[C@@H]6C)OC4(C(=O)O5)[C@@]21O. The summed E-state index contributed by atoms with van der Waals surface area (Å²) in [5, 5.41) is 23.7. The van der Waals surface area contributed by atoms with E-state index >= 15 is 0 Å². The number of aliphatic hydroxyl groups is 2. The highest BCUT2D eigenvalue weighted by molar-refractivity contribution is 5.93. The van der Waals surface area contributed by atoms with Crippen LogP contribution in [-0.2, 0) is 33.3 Å². The zero-order valence-corrected chi connectivity index (χ0v) is 17.5. The summed E-state index contributed by atoms with van der Waals surface area (Å²) >= 11 is 0. The van der Waals surface area contributed by atoms with Gasteiger partial charge in [-0.05, 0) is 24.7 Å². The molecule has 30 heavy (non-hydrogen) atoms. The third-order valence-corrected chi connectivity index (χ3v) is 9.39. The Bertz CT molecular complexity index is 924. The summed E-state index contributed by atoms with van der Waals surface area (Å²) in [5.41, 5.74) is -7.14. The first-order valence-corrected chi connectivity index (χ1v) is 10.5. The lowest BCUT2D eigenvalue weighted by Gasteiger charge is -2.48. The van der Waals surface area contributed by atoms with E-state index in [2.05, 4.69) is 0 Å². The van der Waals surface area contributed by atoms with Crippen molar-refractivity contribution < 1.29 is 43.5 Å². The van der Waals surface area contributed by atoms with Crippen molar-refractivity contribution >= 4 is 17.9 Å². The zero-order valence-electron chi connectivity index (χ0n) is 17.5. The van der Waals surface area contributed by atoms with E-state index in [0.29, 0.717) is 6.42 Å². The molecule has 4 aliphatic heterocycles. The summed E-state index contributed by atoms with van der Waals surface area (Å²) in [5.74, 6) is -4.08. The van der Waals surface area contributed by atoms with E-state index in [-0.39, 0.29) is 11.3 Å². The summed E-state index contributed by atoms with van der Waals surface area (Å²) < 4.78 is 23.1. The molecule has 2 aliphatic carbocycles. The zero-order chi connectivity index (χ0) is 21.8.